The van der Waals surface area contributed by atoms with Gasteiger partial charge in [-0.25, -0.2) is 0 Å². The number of halogens is 2. The van der Waals surface area contributed by atoms with Crippen LogP contribution in [0.3, 0.4) is 0 Å². The Kier molecular flexibility index (Phi) is 5.09. The SMILES string of the molecule is O=C(C1CCCN1C(=O)c1cc(Cl)ccc1Cl)N1CCNCC1. The van der Waals surface area contributed by atoms with Crippen LogP contribution in [0.15, 0.2) is 18.2 Å². The maximum absolute atomic E-state index is 12.8. The molecule has 124 valence electrons. The maximum atomic E-state index is 12.8. The fourth-order valence-corrected chi connectivity index (χ4v) is 3.55. The van der Waals surface area contributed by atoms with Gasteiger partial charge in [0.2, 0.25) is 5.91 Å². The molecule has 2 saturated heterocycles. The summed E-state index contributed by atoms with van der Waals surface area (Å²) in [6, 6.07) is 4.43. The summed E-state index contributed by atoms with van der Waals surface area (Å²) in [4.78, 5) is 29.0. The molecule has 3 rings (SSSR count). The standard InChI is InChI=1S/C16H19Cl2N3O2/c17-11-3-4-13(18)12(10-11)15(22)21-7-1-2-14(21)16(23)20-8-5-19-6-9-20/h3-4,10,14,19H,1-2,5-9H2. The normalized spacial score (nSPS) is 21.6. The van der Waals surface area contributed by atoms with Gasteiger partial charge in [-0.15, -0.1) is 0 Å². The van der Waals surface area contributed by atoms with Crippen molar-refractivity contribution in [3.63, 3.8) is 0 Å². The van der Waals surface area contributed by atoms with Crippen LogP contribution in [-0.2, 0) is 4.79 Å². The van der Waals surface area contributed by atoms with Crippen LogP contribution in [-0.4, -0.2) is 60.4 Å². The molecule has 0 bridgehead atoms. The minimum atomic E-state index is -0.393. The number of carbonyl (C=O) groups excluding carboxylic acids is 2. The number of benzene rings is 1. The Hall–Kier alpha value is -1.30. The number of piperazine rings is 1. The molecule has 0 aliphatic carbocycles. The first kappa shape index (κ1) is 16.6. The third-order valence-electron chi connectivity index (χ3n) is 4.39. The van der Waals surface area contributed by atoms with Gasteiger partial charge in [0.05, 0.1) is 10.6 Å². The van der Waals surface area contributed by atoms with Crippen molar-refractivity contribution < 1.29 is 9.59 Å². The van der Waals surface area contributed by atoms with E-state index in [-0.39, 0.29) is 11.8 Å². The molecule has 0 aromatic heterocycles. The highest BCUT2D eigenvalue weighted by molar-refractivity contribution is 6.35. The molecule has 1 N–H and O–H groups in total. The first-order valence-electron chi connectivity index (χ1n) is 7.83. The molecule has 5 nitrogen and oxygen atoms in total. The molecule has 0 saturated carbocycles. The van der Waals surface area contributed by atoms with Crippen LogP contribution in [0.2, 0.25) is 10.0 Å². The molecule has 2 heterocycles. The van der Waals surface area contributed by atoms with Crippen molar-refractivity contribution in [2.45, 2.75) is 18.9 Å². The zero-order chi connectivity index (χ0) is 16.4. The summed E-state index contributed by atoms with van der Waals surface area (Å²) < 4.78 is 0. The molecular formula is C16H19Cl2N3O2. The highest BCUT2D eigenvalue weighted by Crippen LogP contribution is 2.27. The van der Waals surface area contributed by atoms with Crippen LogP contribution in [0, 0.1) is 0 Å². The number of carbonyl (C=O) groups is 2. The molecule has 2 aliphatic heterocycles. The molecule has 0 spiro atoms. The topological polar surface area (TPSA) is 52.7 Å². The smallest absolute Gasteiger partial charge is 0.256 e. The van der Waals surface area contributed by atoms with E-state index < -0.39 is 6.04 Å². The predicted molar refractivity (Wildman–Crippen MR) is 90.0 cm³/mol. The molecule has 1 aromatic carbocycles. The summed E-state index contributed by atoms with van der Waals surface area (Å²) >= 11 is 12.1. The van der Waals surface area contributed by atoms with E-state index in [1.807, 2.05) is 4.90 Å². The second-order valence-corrected chi connectivity index (χ2v) is 6.70. The van der Waals surface area contributed by atoms with Gasteiger partial charge in [0.15, 0.2) is 0 Å². The quantitative estimate of drug-likeness (QED) is 0.882. The minimum absolute atomic E-state index is 0.0375. The largest absolute Gasteiger partial charge is 0.338 e. The lowest BCUT2D eigenvalue weighted by Gasteiger charge is -2.33. The van der Waals surface area contributed by atoms with Crippen molar-refractivity contribution >= 4 is 35.0 Å². The average molecular weight is 356 g/mol. The van der Waals surface area contributed by atoms with E-state index in [1.54, 1.807) is 23.1 Å². The molecule has 1 unspecified atom stereocenters. The van der Waals surface area contributed by atoms with Crippen LogP contribution < -0.4 is 5.32 Å². The predicted octanol–water partition coefficient (Wildman–Crippen LogP) is 2.03. The Morgan fingerprint density at radius 1 is 1.13 bits per heavy atom. The number of nitrogens with zero attached hydrogens (tertiary/aromatic N) is 2. The van der Waals surface area contributed by atoms with Crippen molar-refractivity contribution in [1.82, 2.24) is 15.1 Å². The summed E-state index contributed by atoms with van der Waals surface area (Å²) in [6.07, 6.45) is 1.53. The molecule has 7 heteroatoms. The van der Waals surface area contributed by atoms with Crippen molar-refractivity contribution in [2.75, 3.05) is 32.7 Å². The van der Waals surface area contributed by atoms with E-state index >= 15 is 0 Å². The van der Waals surface area contributed by atoms with Crippen LogP contribution in [0.1, 0.15) is 23.2 Å². The van der Waals surface area contributed by atoms with Gasteiger partial charge < -0.3 is 15.1 Å². The minimum Gasteiger partial charge on any atom is -0.338 e. The lowest BCUT2D eigenvalue weighted by Crippen LogP contribution is -2.53. The molecule has 1 aromatic rings. The maximum Gasteiger partial charge on any atom is 0.256 e. The van der Waals surface area contributed by atoms with E-state index in [0.29, 0.717) is 41.7 Å². The first-order chi connectivity index (χ1) is 11.1. The molecule has 1 atom stereocenters. The zero-order valence-corrected chi connectivity index (χ0v) is 14.2. The Labute approximate surface area is 145 Å². The van der Waals surface area contributed by atoms with Gasteiger partial charge in [0, 0.05) is 37.7 Å². The highest BCUT2D eigenvalue weighted by Gasteiger charge is 2.37. The van der Waals surface area contributed by atoms with Gasteiger partial charge in [0.1, 0.15) is 6.04 Å². The number of likely N-dealkylation sites (tertiary alicyclic amines) is 1. The Morgan fingerprint density at radius 3 is 2.61 bits per heavy atom. The van der Waals surface area contributed by atoms with Crippen LogP contribution in [0.5, 0.6) is 0 Å². The number of amides is 2. The van der Waals surface area contributed by atoms with Crippen LogP contribution in [0.25, 0.3) is 0 Å². The van der Waals surface area contributed by atoms with Crippen LogP contribution >= 0.6 is 23.2 Å². The second-order valence-electron chi connectivity index (χ2n) is 5.86. The molecule has 23 heavy (non-hydrogen) atoms. The molecular weight excluding hydrogens is 337 g/mol. The number of hydrogen-bond acceptors (Lipinski definition) is 3. The second kappa shape index (κ2) is 7.07. The Bertz CT molecular complexity index is 617. The van der Waals surface area contributed by atoms with E-state index in [2.05, 4.69) is 5.32 Å². The zero-order valence-electron chi connectivity index (χ0n) is 12.7. The summed E-state index contributed by atoms with van der Waals surface area (Å²) in [5, 5.41) is 4.05. The fraction of sp³-hybridized carbons (Fsp3) is 0.500. The lowest BCUT2D eigenvalue weighted by molar-refractivity contribution is -0.135. The Morgan fingerprint density at radius 2 is 1.87 bits per heavy atom. The monoisotopic (exact) mass is 355 g/mol. The van der Waals surface area contributed by atoms with Crippen molar-refractivity contribution in [1.29, 1.82) is 0 Å². The number of hydrogen-bond donors (Lipinski definition) is 1. The van der Waals surface area contributed by atoms with Crippen molar-refractivity contribution in [2.24, 2.45) is 0 Å². The van der Waals surface area contributed by atoms with Crippen molar-refractivity contribution in [3.8, 4) is 0 Å². The van der Waals surface area contributed by atoms with E-state index in [4.69, 9.17) is 23.2 Å². The molecule has 2 aliphatic rings. The summed E-state index contributed by atoms with van der Waals surface area (Å²) in [6.45, 7) is 3.55. The summed E-state index contributed by atoms with van der Waals surface area (Å²) in [7, 11) is 0. The third kappa shape index (κ3) is 3.47. The molecule has 2 amide bonds. The molecule has 2 fully saturated rings. The van der Waals surface area contributed by atoms with Gasteiger partial charge in [-0.2, -0.15) is 0 Å². The molecule has 0 radical (unpaired) electrons. The van der Waals surface area contributed by atoms with Gasteiger partial charge in [0.25, 0.3) is 5.91 Å². The van der Waals surface area contributed by atoms with Gasteiger partial charge in [-0.1, -0.05) is 23.2 Å². The van der Waals surface area contributed by atoms with E-state index in [9.17, 15) is 9.59 Å². The number of nitrogens with one attached hydrogen (secondary N) is 1. The summed E-state index contributed by atoms with van der Waals surface area (Å²) in [5.74, 6) is -0.181. The lowest BCUT2D eigenvalue weighted by atomic mass is 10.1. The van der Waals surface area contributed by atoms with Crippen molar-refractivity contribution in [3.05, 3.63) is 33.8 Å². The summed E-state index contributed by atoms with van der Waals surface area (Å²) in [5.41, 5.74) is 0.360. The van der Waals surface area contributed by atoms with Crippen LogP contribution in [0.4, 0.5) is 0 Å². The van der Waals surface area contributed by atoms with E-state index in [1.165, 1.54) is 0 Å². The van der Waals surface area contributed by atoms with Gasteiger partial charge in [-0.3, -0.25) is 9.59 Å². The Balaban J connectivity index is 1.79. The fourth-order valence-electron chi connectivity index (χ4n) is 3.18. The van der Waals surface area contributed by atoms with E-state index in [0.717, 1.165) is 19.5 Å². The first-order valence-corrected chi connectivity index (χ1v) is 8.59. The number of rotatable bonds is 2. The van der Waals surface area contributed by atoms with Gasteiger partial charge in [-0.05, 0) is 31.0 Å². The average Bonchev–Trinajstić information content (AvgIpc) is 3.06. The highest BCUT2D eigenvalue weighted by atomic mass is 35.5. The third-order valence-corrected chi connectivity index (χ3v) is 4.95. The van der Waals surface area contributed by atoms with Gasteiger partial charge >= 0.3 is 0 Å².